The van der Waals surface area contributed by atoms with Crippen LogP contribution in [0.25, 0.3) is 0 Å². The molecule has 0 atom stereocenters. The van der Waals surface area contributed by atoms with E-state index in [1.165, 1.54) is 18.2 Å². The summed E-state index contributed by atoms with van der Waals surface area (Å²) in [5, 5.41) is 13.6. The van der Waals surface area contributed by atoms with Crippen molar-refractivity contribution in [2.45, 2.75) is 0 Å². The first-order chi connectivity index (χ1) is 13.2. The van der Waals surface area contributed by atoms with E-state index >= 15 is 0 Å². The van der Waals surface area contributed by atoms with Crippen molar-refractivity contribution >= 4 is 33.0 Å². The van der Waals surface area contributed by atoms with Crippen LogP contribution in [0.1, 0.15) is 0 Å². The average Bonchev–Trinajstić information content (AvgIpc) is 2.66. The van der Waals surface area contributed by atoms with Gasteiger partial charge in [-0.2, -0.15) is 0 Å². The lowest BCUT2D eigenvalue weighted by Gasteiger charge is -2.23. The van der Waals surface area contributed by atoms with Gasteiger partial charge in [-0.3, -0.25) is 19.2 Å². The van der Waals surface area contributed by atoms with Gasteiger partial charge in [0, 0.05) is 38.0 Å². The van der Waals surface area contributed by atoms with Crippen molar-refractivity contribution in [3.8, 4) is 0 Å². The van der Waals surface area contributed by atoms with E-state index < -0.39 is 27.4 Å². The number of carbonyl (C=O) groups is 1. The van der Waals surface area contributed by atoms with Crippen LogP contribution in [0.5, 0.6) is 0 Å². The number of nitrogens with one attached hydrogen (secondary N) is 1. The highest BCUT2D eigenvalue weighted by Crippen LogP contribution is 2.22. The molecule has 2 aromatic rings. The first-order valence-electron chi connectivity index (χ1n) is 8.43. The first kappa shape index (κ1) is 21.2. The van der Waals surface area contributed by atoms with E-state index in [4.69, 9.17) is 0 Å². The number of nitro groups is 1. The topological polar surface area (TPSA) is 113 Å². The Morgan fingerprint density at radius 2 is 1.75 bits per heavy atom. The molecular formula is C18H22N4O5S. The molecule has 1 N–H and O–H groups in total. The molecule has 2 rings (SSSR count). The van der Waals surface area contributed by atoms with Crippen LogP contribution in [0.15, 0.2) is 54.6 Å². The fourth-order valence-electron chi connectivity index (χ4n) is 2.52. The highest BCUT2D eigenvalue weighted by molar-refractivity contribution is 7.92. The number of likely N-dealkylation sites (N-methyl/N-ethyl adjacent to an activating group) is 1. The fraction of sp³-hybridized carbons (Fsp3) is 0.278. The van der Waals surface area contributed by atoms with Crippen LogP contribution in [0.4, 0.5) is 17.1 Å². The van der Waals surface area contributed by atoms with Gasteiger partial charge in [-0.05, 0) is 18.2 Å². The number of benzene rings is 2. The molecule has 28 heavy (non-hydrogen) atoms. The van der Waals surface area contributed by atoms with E-state index in [0.29, 0.717) is 13.1 Å². The average molecular weight is 406 g/mol. The number of sulfonamides is 1. The largest absolute Gasteiger partial charge is 0.373 e. The zero-order valence-electron chi connectivity index (χ0n) is 15.6. The lowest BCUT2D eigenvalue weighted by molar-refractivity contribution is -0.384. The van der Waals surface area contributed by atoms with E-state index in [0.717, 1.165) is 22.3 Å². The van der Waals surface area contributed by atoms with Crippen molar-refractivity contribution in [2.75, 3.05) is 42.1 Å². The summed E-state index contributed by atoms with van der Waals surface area (Å²) < 4.78 is 25.0. The Morgan fingerprint density at radius 1 is 1.11 bits per heavy atom. The van der Waals surface area contributed by atoms with Gasteiger partial charge in [0.05, 0.1) is 16.9 Å². The molecule has 0 radical (unpaired) electrons. The third-order valence-corrected chi connectivity index (χ3v) is 5.12. The molecule has 0 saturated heterocycles. The molecule has 0 aliphatic carbocycles. The molecule has 0 saturated carbocycles. The second-order valence-electron chi connectivity index (χ2n) is 6.15. The van der Waals surface area contributed by atoms with Crippen molar-refractivity contribution in [3.63, 3.8) is 0 Å². The SMILES string of the molecule is CN(CCNC(=O)CN(c1cccc([N+](=O)[O-])c1)S(C)(=O)=O)c1ccccc1. The fourth-order valence-corrected chi connectivity index (χ4v) is 3.37. The summed E-state index contributed by atoms with van der Waals surface area (Å²) in [6.07, 6.45) is 0.947. The normalized spacial score (nSPS) is 10.9. The number of hydrogen-bond donors (Lipinski definition) is 1. The van der Waals surface area contributed by atoms with Gasteiger partial charge >= 0.3 is 0 Å². The molecule has 0 heterocycles. The van der Waals surface area contributed by atoms with Crippen LogP contribution in [-0.4, -0.2) is 52.2 Å². The lowest BCUT2D eigenvalue weighted by atomic mass is 10.3. The highest BCUT2D eigenvalue weighted by Gasteiger charge is 2.22. The molecular weight excluding hydrogens is 384 g/mol. The van der Waals surface area contributed by atoms with Crippen LogP contribution in [-0.2, 0) is 14.8 Å². The predicted molar refractivity (Wildman–Crippen MR) is 108 cm³/mol. The molecule has 0 aliphatic heterocycles. The molecule has 9 nitrogen and oxygen atoms in total. The Bertz CT molecular complexity index is 934. The number of nitro benzene ring substituents is 1. The zero-order chi connectivity index (χ0) is 20.7. The summed E-state index contributed by atoms with van der Waals surface area (Å²) in [7, 11) is -1.92. The van der Waals surface area contributed by atoms with Gasteiger partial charge < -0.3 is 10.2 Å². The zero-order valence-corrected chi connectivity index (χ0v) is 16.4. The number of nitrogens with zero attached hydrogens (tertiary/aromatic N) is 3. The quantitative estimate of drug-likeness (QED) is 0.500. The third kappa shape index (κ3) is 5.95. The van der Waals surface area contributed by atoms with Crippen LogP contribution < -0.4 is 14.5 Å². The minimum Gasteiger partial charge on any atom is -0.373 e. The van der Waals surface area contributed by atoms with E-state index in [9.17, 15) is 23.3 Å². The summed E-state index contributed by atoms with van der Waals surface area (Å²) in [5.41, 5.74) is 0.801. The van der Waals surface area contributed by atoms with Crippen molar-refractivity contribution in [1.82, 2.24) is 5.32 Å². The van der Waals surface area contributed by atoms with Gasteiger partial charge in [0.25, 0.3) is 5.69 Å². The minimum absolute atomic E-state index is 0.0632. The van der Waals surface area contributed by atoms with Crippen molar-refractivity contribution in [1.29, 1.82) is 0 Å². The van der Waals surface area contributed by atoms with E-state index in [1.54, 1.807) is 0 Å². The van der Waals surface area contributed by atoms with E-state index in [-0.39, 0.29) is 11.4 Å². The molecule has 0 aromatic heterocycles. The highest BCUT2D eigenvalue weighted by atomic mass is 32.2. The molecule has 10 heteroatoms. The summed E-state index contributed by atoms with van der Waals surface area (Å²) >= 11 is 0. The number of anilines is 2. The van der Waals surface area contributed by atoms with Crippen molar-refractivity contribution in [3.05, 3.63) is 64.7 Å². The lowest BCUT2D eigenvalue weighted by Crippen LogP contribution is -2.42. The van der Waals surface area contributed by atoms with Crippen LogP contribution >= 0.6 is 0 Å². The van der Waals surface area contributed by atoms with E-state index in [1.807, 2.05) is 42.3 Å². The predicted octanol–water partition coefficient (Wildman–Crippen LogP) is 1.61. The smallest absolute Gasteiger partial charge is 0.271 e. The minimum atomic E-state index is -3.80. The van der Waals surface area contributed by atoms with Crippen molar-refractivity contribution in [2.24, 2.45) is 0 Å². The number of para-hydroxylation sites is 1. The molecule has 150 valence electrons. The standard InChI is InChI=1S/C18H22N4O5S/c1-20(15-7-4-3-5-8-15)12-11-19-18(23)14-21(28(2,26)27)16-9-6-10-17(13-16)22(24)25/h3-10,13H,11-12,14H2,1-2H3,(H,19,23). The number of amides is 1. The molecule has 0 fully saturated rings. The summed E-state index contributed by atoms with van der Waals surface area (Å²) in [6, 6.07) is 14.8. The molecule has 0 bridgehead atoms. The van der Waals surface area contributed by atoms with Crippen LogP contribution in [0.3, 0.4) is 0 Å². The molecule has 0 unspecified atom stereocenters. The number of non-ortho nitro benzene ring substituents is 1. The van der Waals surface area contributed by atoms with Gasteiger partial charge in [-0.25, -0.2) is 8.42 Å². The van der Waals surface area contributed by atoms with Gasteiger partial charge in [0.1, 0.15) is 6.54 Å². The monoisotopic (exact) mass is 406 g/mol. The first-order valence-corrected chi connectivity index (χ1v) is 10.3. The number of hydrogen-bond acceptors (Lipinski definition) is 6. The van der Waals surface area contributed by atoms with E-state index in [2.05, 4.69) is 5.32 Å². The van der Waals surface area contributed by atoms with Gasteiger partial charge in [0.15, 0.2) is 0 Å². The molecule has 0 aliphatic rings. The summed E-state index contributed by atoms with van der Waals surface area (Å²) in [5.74, 6) is -0.501. The van der Waals surface area contributed by atoms with Crippen LogP contribution in [0.2, 0.25) is 0 Å². The second-order valence-corrected chi connectivity index (χ2v) is 8.06. The van der Waals surface area contributed by atoms with Gasteiger partial charge in [-0.1, -0.05) is 24.3 Å². The Balaban J connectivity index is 2.00. The summed E-state index contributed by atoms with van der Waals surface area (Å²) in [6.45, 7) is 0.386. The molecule has 2 aromatic carbocycles. The Hall–Kier alpha value is -3.14. The third-order valence-electron chi connectivity index (χ3n) is 3.98. The van der Waals surface area contributed by atoms with Crippen molar-refractivity contribution < 1.29 is 18.1 Å². The number of carbonyl (C=O) groups excluding carboxylic acids is 1. The molecule has 0 spiro atoms. The Kier molecular flexibility index (Phi) is 6.94. The van der Waals surface area contributed by atoms with Crippen LogP contribution in [0, 0.1) is 10.1 Å². The van der Waals surface area contributed by atoms with Gasteiger partial charge in [0.2, 0.25) is 15.9 Å². The molecule has 1 amide bonds. The Morgan fingerprint density at radius 3 is 2.36 bits per heavy atom. The summed E-state index contributed by atoms with van der Waals surface area (Å²) in [4.78, 5) is 24.5. The maximum atomic E-state index is 12.2. The second kappa shape index (κ2) is 9.18. The maximum absolute atomic E-state index is 12.2. The maximum Gasteiger partial charge on any atom is 0.271 e. The van der Waals surface area contributed by atoms with Gasteiger partial charge in [-0.15, -0.1) is 0 Å². The number of rotatable bonds is 9. The Labute approximate surface area is 163 Å².